The molecule has 0 aromatic carbocycles. The first kappa shape index (κ1) is 25.8. The maximum Gasteiger partial charge on any atom is 0.251 e. The lowest BCUT2D eigenvalue weighted by Crippen LogP contribution is -2.49. The van der Waals surface area contributed by atoms with Crippen LogP contribution in [0.1, 0.15) is 49.1 Å². The van der Waals surface area contributed by atoms with Crippen LogP contribution in [0.2, 0.25) is 0 Å². The van der Waals surface area contributed by atoms with Gasteiger partial charge >= 0.3 is 0 Å². The lowest BCUT2D eigenvalue weighted by molar-refractivity contribution is -0.144. The molecule has 6 heterocycles. The number of thiazole rings is 1. The van der Waals surface area contributed by atoms with Gasteiger partial charge in [0.1, 0.15) is 21.8 Å². The van der Waals surface area contributed by atoms with E-state index in [1.54, 1.807) is 28.6 Å². The first-order valence-electron chi connectivity index (χ1n) is 12.8. The second kappa shape index (κ2) is 9.35. The van der Waals surface area contributed by atoms with Gasteiger partial charge in [-0.25, -0.2) is 18.4 Å². The van der Waals surface area contributed by atoms with E-state index in [2.05, 4.69) is 15.1 Å². The van der Waals surface area contributed by atoms with E-state index in [1.165, 1.54) is 11.4 Å². The molecular weight excluding hydrogens is 538 g/mol. The molecule has 3 unspecified atom stereocenters. The van der Waals surface area contributed by atoms with Crippen LogP contribution in [0.4, 0.5) is 5.82 Å². The molecule has 2 aliphatic rings. The minimum absolute atomic E-state index is 0.0152. The molecule has 6 rings (SSSR count). The third kappa shape index (κ3) is 4.38. The van der Waals surface area contributed by atoms with Gasteiger partial charge in [0.15, 0.2) is 15.5 Å². The summed E-state index contributed by atoms with van der Waals surface area (Å²) in [4.78, 5) is 29.4. The van der Waals surface area contributed by atoms with E-state index in [-0.39, 0.29) is 34.6 Å². The summed E-state index contributed by atoms with van der Waals surface area (Å²) in [5.74, 6) is -0.482. The van der Waals surface area contributed by atoms with E-state index in [0.29, 0.717) is 29.7 Å². The van der Waals surface area contributed by atoms with Crippen molar-refractivity contribution in [2.24, 2.45) is 0 Å². The van der Waals surface area contributed by atoms with Crippen LogP contribution in [0.3, 0.4) is 0 Å². The quantitative estimate of drug-likeness (QED) is 0.370. The predicted octanol–water partition coefficient (Wildman–Crippen LogP) is 2.83. The number of rotatable bonds is 5. The molecule has 2 bridgehead atoms. The van der Waals surface area contributed by atoms with E-state index >= 15 is 0 Å². The molecule has 2 saturated heterocycles. The Morgan fingerprint density at radius 3 is 2.44 bits per heavy atom. The monoisotopic (exact) mass is 567 g/mol. The third-order valence-corrected chi connectivity index (χ3v) is 9.78. The molecular formula is C26H29N7O4S2. The second-order valence-electron chi connectivity index (χ2n) is 10.5. The van der Waals surface area contributed by atoms with E-state index in [1.807, 2.05) is 25.3 Å². The number of amides is 1. The molecule has 4 aromatic rings. The Labute approximate surface area is 229 Å². The minimum atomic E-state index is -3.74. The summed E-state index contributed by atoms with van der Waals surface area (Å²) in [5, 5.41) is 15.1. The lowest BCUT2D eigenvalue weighted by atomic mass is 9.87. The van der Waals surface area contributed by atoms with Gasteiger partial charge in [0.05, 0.1) is 17.6 Å². The van der Waals surface area contributed by atoms with Crippen molar-refractivity contribution in [1.82, 2.24) is 29.5 Å². The van der Waals surface area contributed by atoms with Gasteiger partial charge in [-0.15, -0.1) is 11.3 Å². The predicted molar refractivity (Wildman–Crippen MR) is 147 cm³/mol. The van der Waals surface area contributed by atoms with Gasteiger partial charge in [-0.1, -0.05) is 6.07 Å². The van der Waals surface area contributed by atoms with Gasteiger partial charge in [-0.3, -0.25) is 9.78 Å². The molecule has 2 aliphatic heterocycles. The molecule has 11 nitrogen and oxygen atoms in total. The number of pyridine rings is 1. The van der Waals surface area contributed by atoms with Gasteiger partial charge in [0, 0.05) is 52.7 Å². The number of aromatic nitrogens is 5. The normalized spacial score (nSPS) is 21.9. The molecule has 4 aromatic heterocycles. The molecule has 0 saturated carbocycles. The van der Waals surface area contributed by atoms with Crippen molar-refractivity contribution in [2.45, 2.75) is 68.5 Å². The summed E-state index contributed by atoms with van der Waals surface area (Å²) in [6, 6.07) is 3.63. The number of aliphatic hydroxyl groups is 1. The second-order valence-corrected chi connectivity index (χ2v) is 13.6. The van der Waals surface area contributed by atoms with E-state index in [9.17, 15) is 18.3 Å². The number of aryl methyl sites for hydroxylation is 1. The summed E-state index contributed by atoms with van der Waals surface area (Å²) >= 11 is 1.56. The Bertz CT molecular complexity index is 1680. The Morgan fingerprint density at radius 2 is 1.87 bits per heavy atom. The highest BCUT2D eigenvalue weighted by atomic mass is 32.2. The van der Waals surface area contributed by atoms with Gasteiger partial charge in [-0.05, 0) is 45.6 Å². The van der Waals surface area contributed by atoms with Crippen molar-refractivity contribution in [2.75, 3.05) is 12.0 Å². The highest BCUT2D eigenvalue weighted by Gasteiger charge is 2.46. The smallest absolute Gasteiger partial charge is 0.251 e. The van der Waals surface area contributed by atoms with Crippen LogP contribution in [-0.4, -0.2) is 73.3 Å². The maximum absolute atomic E-state index is 13.0. The van der Waals surface area contributed by atoms with Crippen LogP contribution in [0.5, 0.6) is 0 Å². The zero-order valence-electron chi connectivity index (χ0n) is 21.8. The van der Waals surface area contributed by atoms with Crippen molar-refractivity contribution in [3.63, 3.8) is 0 Å². The summed E-state index contributed by atoms with van der Waals surface area (Å²) in [5.41, 5.74) is 9.54. The summed E-state index contributed by atoms with van der Waals surface area (Å²) in [6.45, 7) is 3.47. The van der Waals surface area contributed by atoms with Crippen LogP contribution in [0.15, 0.2) is 35.6 Å². The molecule has 13 heteroatoms. The SMILES string of the molecule is Cc1cnc(-c2ccc(-c3cnn4c(N)c(S(C)(=O)=O)c(C5CC6CCC(C5)N6C(=O)C(C)O)nc34)cn2)s1. The number of carbonyl (C=O) groups excluding carboxylic acids is 1. The molecule has 3 N–H and O–H groups in total. The fourth-order valence-corrected chi connectivity index (χ4v) is 7.81. The number of nitrogen functional groups attached to an aromatic ring is 1. The lowest BCUT2D eigenvalue weighted by Gasteiger charge is -2.39. The van der Waals surface area contributed by atoms with Crippen LogP contribution in [0, 0.1) is 6.92 Å². The Kier molecular flexibility index (Phi) is 6.19. The van der Waals surface area contributed by atoms with Gasteiger partial charge in [0.25, 0.3) is 5.91 Å². The molecule has 0 spiro atoms. The number of fused-ring (bicyclic) bond motifs is 3. The zero-order valence-corrected chi connectivity index (χ0v) is 23.4. The molecule has 1 amide bonds. The van der Waals surface area contributed by atoms with E-state index in [4.69, 9.17) is 10.7 Å². The van der Waals surface area contributed by atoms with Gasteiger partial charge < -0.3 is 15.7 Å². The Balaban J connectivity index is 1.43. The number of nitrogens with two attached hydrogens (primary N) is 1. The first-order chi connectivity index (χ1) is 18.5. The maximum atomic E-state index is 13.0. The van der Waals surface area contributed by atoms with Crippen molar-refractivity contribution in [3.8, 4) is 21.8 Å². The van der Waals surface area contributed by atoms with Gasteiger partial charge in [0.2, 0.25) is 0 Å². The third-order valence-electron chi connectivity index (χ3n) is 7.68. The van der Waals surface area contributed by atoms with Gasteiger partial charge in [-0.2, -0.15) is 9.61 Å². The van der Waals surface area contributed by atoms with Crippen molar-refractivity contribution >= 4 is 38.5 Å². The molecule has 0 aliphatic carbocycles. The minimum Gasteiger partial charge on any atom is -0.384 e. The zero-order chi connectivity index (χ0) is 27.6. The largest absolute Gasteiger partial charge is 0.384 e. The van der Waals surface area contributed by atoms with Crippen LogP contribution in [-0.2, 0) is 14.6 Å². The number of anilines is 1. The van der Waals surface area contributed by atoms with Crippen LogP contribution in [0.25, 0.3) is 27.5 Å². The number of hydrogen-bond acceptors (Lipinski definition) is 10. The number of aliphatic hydroxyl groups excluding tert-OH is 1. The molecule has 2 fully saturated rings. The molecule has 0 radical (unpaired) electrons. The fourth-order valence-electron chi connectivity index (χ4n) is 6.01. The van der Waals surface area contributed by atoms with E-state index in [0.717, 1.165) is 40.2 Å². The first-order valence-corrected chi connectivity index (χ1v) is 15.5. The van der Waals surface area contributed by atoms with E-state index < -0.39 is 15.9 Å². The summed E-state index contributed by atoms with van der Waals surface area (Å²) in [6.07, 6.45) is 7.92. The number of carbonyl (C=O) groups is 1. The average molecular weight is 568 g/mol. The average Bonchev–Trinajstić information content (AvgIpc) is 3.58. The number of sulfone groups is 1. The Morgan fingerprint density at radius 1 is 1.15 bits per heavy atom. The fraction of sp³-hybridized carbons (Fsp3) is 0.423. The molecule has 39 heavy (non-hydrogen) atoms. The highest BCUT2D eigenvalue weighted by molar-refractivity contribution is 7.91. The summed E-state index contributed by atoms with van der Waals surface area (Å²) in [7, 11) is -3.74. The standard InChI is InChI=1S/C26H29N7O4S2/c1-13-10-29-25(38-13)20-7-4-15(11-28-20)19-12-30-33-23(27)22(39(3,36)37)21(31-24(19)33)16-8-17-5-6-18(9-16)32(17)26(35)14(2)34/h4,7,10-12,14,16-18,34H,5-6,8-9,27H2,1-3H3. The topological polar surface area (TPSA) is 157 Å². The molecule has 204 valence electrons. The van der Waals surface area contributed by atoms with Crippen LogP contribution >= 0.6 is 11.3 Å². The highest BCUT2D eigenvalue weighted by Crippen LogP contribution is 2.45. The number of nitrogens with zero attached hydrogens (tertiary/aromatic N) is 6. The number of piperidine rings is 1. The number of hydrogen-bond donors (Lipinski definition) is 2. The summed E-state index contributed by atoms with van der Waals surface area (Å²) < 4.78 is 27.3. The van der Waals surface area contributed by atoms with Crippen molar-refractivity contribution < 1.29 is 18.3 Å². The van der Waals surface area contributed by atoms with Crippen molar-refractivity contribution in [3.05, 3.63) is 41.3 Å². The van der Waals surface area contributed by atoms with Crippen LogP contribution < -0.4 is 5.73 Å². The van der Waals surface area contributed by atoms with Crippen molar-refractivity contribution in [1.29, 1.82) is 0 Å². The Hall–Kier alpha value is -3.42. The molecule has 3 atom stereocenters.